The number of benzene rings is 3. The van der Waals surface area contributed by atoms with Crippen molar-refractivity contribution in [2.75, 3.05) is 0 Å². The second-order valence-electron chi connectivity index (χ2n) is 6.30. The van der Waals surface area contributed by atoms with Crippen LogP contribution in [-0.4, -0.2) is 12.1 Å². The van der Waals surface area contributed by atoms with E-state index >= 15 is 0 Å². The van der Waals surface area contributed by atoms with Gasteiger partial charge in [0.1, 0.15) is 12.4 Å². The first-order valence-corrected chi connectivity index (χ1v) is 8.83. The van der Waals surface area contributed by atoms with Crippen LogP contribution in [0.4, 0.5) is 0 Å². The van der Waals surface area contributed by atoms with E-state index in [1.165, 1.54) is 5.56 Å². The molecular formula is C23H22N2O2. The van der Waals surface area contributed by atoms with Gasteiger partial charge in [-0.25, -0.2) is 5.43 Å². The molecule has 0 fully saturated rings. The van der Waals surface area contributed by atoms with Crippen molar-refractivity contribution in [3.63, 3.8) is 0 Å². The number of rotatable bonds is 7. The average Bonchev–Trinajstić information content (AvgIpc) is 2.70. The Morgan fingerprint density at radius 3 is 2.33 bits per heavy atom. The Bertz CT molecular complexity index is 886. The first-order valence-electron chi connectivity index (χ1n) is 8.83. The smallest absolute Gasteiger partial charge is 0.244 e. The van der Waals surface area contributed by atoms with Crippen LogP contribution in [0, 0.1) is 6.92 Å². The molecule has 0 aliphatic heterocycles. The van der Waals surface area contributed by atoms with Gasteiger partial charge in [-0.3, -0.25) is 4.79 Å². The summed E-state index contributed by atoms with van der Waals surface area (Å²) in [4.78, 5) is 11.9. The summed E-state index contributed by atoms with van der Waals surface area (Å²) < 4.78 is 5.75. The number of hydrogen-bond acceptors (Lipinski definition) is 3. The zero-order valence-corrected chi connectivity index (χ0v) is 15.3. The minimum Gasteiger partial charge on any atom is -0.489 e. The lowest BCUT2D eigenvalue weighted by molar-refractivity contribution is -0.120. The van der Waals surface area contributed by atoms with Crippen LogP contribution in [0.1, 0.15) is 22.3 Å². The number of hydrogen-bond donors (Lipinski definition) is 1. The summed E-state index contributed by atoms with van der Waals surface area (Å²) in [6, 6.07) is 25.5. The Morgan fingerprint density at radius 2 is 1.63 bits per heavy atom. The van der Waals surface area contributed by atoms with E-state index in [1.807, 2.05) is 85.8 Å². The maximum atomic E-state index is 11.9. The van der Waals surface area contributed by atoms with Gasteiger partial charge in [-0.1, -0.05) is 60.2 Å². The summed E-state index contributed by atoms with van der Waals surface area (Å²) in [5, 5.41) is 4.01. The number of amides is 1. The predicted octanol–water partition coefficient (Wildman–Crippen LogP) is 4.27. The van der Waals surface area contributed by atoms with Gasteiger partial charge in [0.25, 0.3) is 0 Å². The maximum Gasteiger partial charge on any atom is 0.244 e. The standard InChI is InChI=1S/C23H22N2O2/c1-18-7-9-19(10-8-18)15-23(26)25-24-16-20-11-13-22(14-12-20)27-17-21-5-3-2-4-6-21/h2-14,16H,15,17H2,1H3,(H,25,26)/b24-16-. The van der Waals surface area contributed by atoms with Gasteiger partial charge < -0.3 is 4.74 Å². The third-order valence-electron chi connectivity index (χ3n) is 4.02. The van der Waals surface area contributed by atoms with Crippen LogP contribution in [0.25, 0.3) is 0 Å². The Balaban J connectivity index is 1.46. The summed E-state index contributed by atoms with van der Waals surface area (Å²) in [7, 11) is 0. The van der Waals surface area contributed by atoms with Gasteiger partial charge in [-0.2, -0.15) is 5.10 Å². The molecule has 3 aromatic rings. The number of nitrogens with one attached hydrogen (secondary N) is 1. The van der Waals surface area contributed by atoms with Crippen molar-refractivity contribution in [3.8, 4) is 5.75 Å². The molecule has 0 atom stereocenters. The highest BCUT2D eigenvalue weighted by atomic mass is 16.5. The highest BCUT2D eigenvalue weighted by Gasteiger charge is 2.01. The topological polar surface area (TPSA) is 50.7 Å². The number of ether oxygens (including phenoxy) is 1. The predicted molar refractivity (Wildman–Crippen MR) is 108 cm³/mol. The van der Waals surface area contributed by atoms with Crippen molar-refractivity contribution in [1.82, 2.24) is 5.43 Å². The molecule has 4 heteroatoms. The molecule has 0 saturated carbocycles. The van der Waals surface area contributed by atoms with Crippen molar-refractivity contribution in [2.45, 2.75) is 20.0 Å². The Kier molecular flexibility index (Phi) is 6.36. The minimum atomic E-state index is -0.141. The number of hydrazone groups is 1. The molecule has 0 aliphatic rings. The molecule has 27 heavy (non-hydrogen) atoms. The maximum absolute atomic E-state index is 11.9. The van der Waals surface area contributed by atoms with E-state index in [1.54, 1.807) is 6.21 Å². The van der Waals surface area contributed by atoms with E-state index in [0.29, 0.717) is 13.0 Å². The summed E-state index contributed by atoms with van der Waals surface area (Å²) >= 11 is 0. The van der Waals surface area contributed by atoms with Crippen LogP contribution in [0.5, 0.6) is 5.75 Å². The molecule has 0 spiro atoms. The van der Waals surface area contributed by atoms with E-state index in [-0.39, 0.29) is 5.91 Å². The molecule has 3 aromatic carbocycles. The lowest BCUT2D eigenvalue weighted by Crippen LogP contribution is -2.19. The third-order valence-corrected chi connectivity index (χ3v) is 4.02. The summed E-state index contributed by atoms with van der Waals surface area (Å²) in [6.45, 7) is 2.55. The fourth-order valence-electron chi connectivity index (χ4n) is 2.50. The molecule has 0 unspecified atom stereocenters. The Morgan fingerprint density at radius 1 is 0.926 bits per heavy atom. The molecule has 1 N–H and O–H groups in total. The van der Waals surface area contributed by atoms with Gasteiger partial charge in [-0.15, -0.1) is 0 Å². The summed E-state index contributed by atoms with van der Waals surface area (Å²) in [6.07, 6.45) is 1.93. The second-order valence-corrected chi connectivity index (χ2v) is 6.30. The fourth-order valence-corrected chi connectivity index (χ4v) is 2.50. The van der Waals surface area contributed by atoms with E-state index in [9.17, 15) is 4.79 Å². The quantitative estimate of drug-likeness (QED) is 0.507. The molecule has 3 rings (SSSR count). The molecule has 0 radical (unpaired) electrons. The Labute approximate surface area is 159 Å². The van der Waals surface area contributed by atoms with Gasteiger partial charge in [-0.05, 0) is 47.9 Å². The van der Waals surface area contributed by atoms with Gasteiger partial charge in [0.15, 0.2) is 0 Å². The van der Waals surface area contributed by atoms with Crippen molar-refractivity contribution < 1.29 is 9.53 Å². The summed E-state index contributed by atoms with van der Waals surface area (Å²) in [5.41, 5.74) is 6.71. The highest BCUT2D eigenvalue weighted by molar-refractivity contribution is 5.83. The number of carbonyl (C=O) groups is 1. The van der Waals surface area contributed by atoms with E-state index in [4.69, 9.17) is 4.74 Å². The molecule has 0 bridgehead atoms. The van der Waals surface area contributed by atoms with Crippen LogP contribution in [0.15, 0.2) is 84.0 Å². The normalized spacial score (nSPS) is 10.7. The summed E-state index contributed by atoms with van der Waals surface area (Å²) in [5.74, 6) is 0.650. The second kappa shape index (κ2) is 9.34. The van der Waals surface area contributed by atoms with Crippen molar-refractivity contribution in [3.05, 3.63) is 101 Å². The molecule has 136 valence electrons. The van der Waals surface area contributed by atoms with Crippen molar-refractivity contribution in [1.29, 1.82) is 0 Å². The minimum absolute atomic E-state index is 0.141. The molecule has 0 aromatic heterocycles. The Hall–Kier alpha value is -3.40. The number of carbonyl (C=O) groups excluding carboxylic acids is 1. The molecule has 4 nitrogen and oxygen atoms in total. The van der Waals surface area contributed by atoms with E-state index < -0.39 is 0 Å². The fraction of sp³-hybridized carbons (Fsp3) is 0.130. The van der Waals surface area contributed by atoms with Crippen molar-refractivity contribution >= 4 is 12.1 Å². The molecule has 1 amide bonds. The highest BCUT2D eigenvalue weighted by Crippen LogP contribution is 2.13. The zero-order valence-electron chi connectivity index (χ0n) is 15.3. The van der Waals surface area contributed by atoms with E-state index in [2.05, 4.69) is 10.5 Å². The van der Waals surface area contributed by atoms with Gasteiger partial charge in [0, 0.05) is 0 Å². The third kappa shape index (κ3) is 6.12. The van der Waals surface area contributed by atoms with Gasteiger partial charge >= 0.3 is 0 Å². The first kappa shape index (κ1) is 18.4. The first-order chi connectivity index (χ1) is 13.2. The lowest BCUT2D eigenvalue weighted by Gasteiger charge is -2.06. The molecule has 0 heterocycles. The molecular weight excluding hydrogens is 336 g/mol. The van der Waals surface area contributed by atoms with Crippen LogP contribution in [-0.2, 0) is 17.8 Å². The van der Waals surface area contributed by atoms with Gasteiger partial charge in [0.05, 0.1) is 12.6 Å². The van der Waals surface area contributed by atoms with E-state index in [0.717, 1.165) is 22.4 Å². The monoisotopic (exact) mass is 358 g/mol. The van der Waals surface area contributed by atoms with Crippen molar-refractivity contribution in [2.24, 2.45) is 5.10 Å². The van der Waals surface area contributed by atoms with Crippen LogP contribution in [0.2, 0.25) is 0 Å². The number of aryl methyl sites for hydroxylation is 1. The van der Waals surface area contributed by atoms with Crippen LogP contribution >= 0.6 is 0 Å². The molecule has 0 aliphatic carbocycles. The zero-order chi connectivity index (χ0) is 18.9. The SMILES string of the molecule is Cc1ccc(CC(=O)N/N=C\c2ccc(OCc3ccccc3)cc2)cc1. The van der Waals surface area contributed by atoms with Crippen LogP contribution in [0.3, 0.4) is 0 Å². The lowest BCUT2D eigenvalue weighted by atomic mass is 10.1. The van der Waals surface area contributed by atoms with Gasteiger partial charge in [0.2, 0.25) is 5.91 Å². The largest absolute Gasteiger partial charge is 0.489 e. The molecule has 0 saturated heterocycles. The number of nitrogens with zero attached hydrogens (tertiary/aromatic N) is 1. The average molecular weight is 358 g/mol. The van der Waals surface area contributed by atoms with Crippen LogP contribution < -0.4 is 10.2 Å².